The maximum atomic E-state index is 12.6. The van der Waals surface area contributed by atoms with Crippen molar-refractivity contribution in [2.75, 3.05) is 13.1 Å². The van der Waals surface area contributed by atoms with Crippen LogP contribution in [0.15, 0.2) is 29.1 Å². The van der Waals surface area contributed by atoms with Gasteiger partial charge in [-0.25, -0.2) is 9.48 Å². The van der Waals surface area contributed by atoms with Crippen LogP contribution >= 0.6 is 11.6 Å². The van der Waals surface area contributed by atoms with Gasteiger partial charge in [-0.05, 0) is 49.9 Å². The van der Waals surface area contributed by atoms with Crippen molar-refractivity contribution >= 4 is 23.3 Å². The number of benzene rings is 1. The van der Waals surface area contributed by atoms with E-state index in [0.717, 1.165) is 44.3 Å². The normalized spacial score (nSPS) is 17.9. The highest BCUT2D eigenvalue weighted by Gasteiger charge is 2.31. The van der Waals surface area contributed by atoms with Crippen molar-refractivity contribution in [3.05, 3.63) is 51.2 Å². The monoisotopic (exact) mass is 444 g/mol. The predicted molar refractivity (Wildman–Crippen MR) is 119 cm³/mol. The highest BCUT2D eigenvalue weighted by Crippen LogP contribution is 2.33. The zero-order chi connectivity index (χ0) is 22.0. The average molecular weight is 445 g/mol. The van der Waals surface area contributed by atoms with Crippen LogP contribution < -0.4 is 5.69 Å². The minimum absolute atomic E-state index is 0.00923. The lowest BCUT2D eigenvalue weighted by Gasteiger charge is -2.32. The number of hydrogen-bond donors (Lipinski definition) is 0. The first-order valence-corrected chi connectivity index (χ1v) is 11.5. The molecule has 1 saturated carbocycles. The van der Waals surface area contributed by atoms with Gasteiger partial charge in [0, 0.05) is 55.5 Å². The second-order valence-electron chi connectivity index (χ2n) is 8.66. The Bertz CT molecular complexity index is 997. The first-order chi connectivity index (χ1) is 14.9. The number of rotatable bonds is 6. The summed E-state index contributed by atoms with van der Waals surface area (Å²) in [5, 5.41) is 5.14. The van der Waals surface area contributed by atoms with E-state index in [1.54, 1.807) is 31.3 Å². The van der Waals surface area contributed by atoms with E-state index in [-0.39, 0.29) is 42.2 Å². The topological polar surface area (TPSA) is 77.2 Å². The Kier molecular flexibility index (Phi) is 6.60. The smallest absolute Gasteiger partial charge is 0.343 e. The van der Waals surface area contributed by atoms with Crippen molar-refractivity contribution in [3.8, 4) is 0 Å². The van der Waals surface area contributed by atoms with E-state index in [2.05, 4.69) is 5.10 Å². The summed E-state index contributed by atoms with van der Waals surface area (Å²) in [7, 11) is 1.72. The second-order valence-corrected chi connectivity index (χ2v) is 9.09. The molecule has 0 bridgehead atoms. The van der Waals surface area contributed by atoms with Gasteiger partial charge in [0.2, 0.25) is 5.91 Å². The van der Waals surface area contributed by atoms with E-state index in [9.17, 15) is 14.4 Å². The number of halogens is 1. The summed E-state index contributed by atoms with van der Waals surface area (Å²) in [5.41, 5.74) is 0.553. The zero-order valence-electron chi connectivity index (χ0n) is 17.9. The summed E-state index contributed by atoms with van der Waals surface area (Å²) in [6, 6.07) is 7.01. The molecule has 7 nitrogen and oxygen atoms in total. The number of Topliss-reactive ketones (excluding diaryl/α,β-unsaturated/α-hetero) is 1. The lowest BCUT2D eigenvalue weighted by molar-refractivity contribution is -0.132. The molecule has 4 rings (SSSR count). The van der Waals surface area contributed by atoms with Gasteiger partial charge in [0.05, 0.1) is 0 Å². The van der Waals surface area contributed by atoms with Gasteiger partial charge in [0.15, 0.2) is 5.78 Å². The number of likely N-dealkylation sites (tertiary alicyclic amines) is 1. The molecule has 166 valence electrons. The number of carbonyl (C=O) groups is 2. The third kappa shape index (κ3) is 4.76. The van der Waals surface area contributed by atoms with Gasteiger partial charge in [0.25, 0.3) is 0 Å². The minimum atomic E-state index is -0.0473. The van der Waals surface area contributed by atoms with Crippen LogP contribution in [-0.2, 0) is 11.8 Å². The van der Waals surface area contributed by atoms with E-state index >= 15 is 0 Å². The molecular formula is C23H29ClN4O3. The average Bonchev–Trinajstić information content (AvgIpc) is 3.40. The Balaban J connectivity index is 1.33. The number of hydrogen-bond acceptors (Lipinski definition) is 4. The Morgan fingerprint density at radius 1 is 1.03 bits per heavy atom. The van der Waals surface area contributed by atoms with Crippen LogP contribution in [0.3, 0.4) is 0 Å². The molecule has 0 spiro atoms. The number of piperidine rings is 1. The maximum absolute atomic E-state index is 12.6. The molecule has 1 aromatic carbocycles. The molecule has 1 saturated heterocycles. The minimum Gasteiger partial charge on any atom is -0.343 e. The van der Waals surface area contributed by atoms with Crippen LogP contribution in [0, 0.1) is 0 Å². The van der Waals surface area contributed by atoms with Gasteiger partial charge in [-0.3, -0.25) is 14.2 Å². The number of aryl methyl sites for hydroxylation is 1. The van der Waals surface area contributed by atoms with Crippen molar-refractivity contribution < 1.29 is 9.59 Å². The van der Waals surface area contributed by atoms with Crippen molar-refractivity contribution in [3.63, 3.8) is 0 Å². The third-order valence-corrected chi connectivity index (χ3v) is 6.87. The first-order valence-electron chi connectivity index (χ1n) is 11.2. The van der Waals surface area contributed by atoms with Crippen molar-refractivity contribution in [2.45, 2.75) is 63.3 Å². The molecule has 8 heteroatoms. The van der Waals surface area contributed by atoms with E-state index in [4.69, 9.17) is 11.6 Å². The summed E-state index contributed by atoms with van der Waals surface area (Å²) in [6.45, 7) is 1.27. The van der Waals surface area contributed by atoms with Crippen LogP contribution in [0.5, 0.6) is 0 Å². The van der Waals surface area contributed by atoms with Gasteiger partial charge in [0.1, 0.15) is 5.82 Å². The zero-order valence-corrected chi connectivity index (χ0v) is 18.7. The Labute approximate surface area is 187 Å². The van der Waals surface area contributed by atoms with Gasteiger partial charge in [-0.1, -0.05) is 24.4 Å². The van der Waals surface area contributed by atoms with Crippen LogP contribution in [0.2, 0.25) is 5.02 Å². The summed E-state index contributed by atoms with van der Waals surface area (Å²) in [6.07, 6.45) is 6.39. The highest BCUT2D eigenvalue weighted by molar-refractivity contribution is 6.30. The van der Waals surface area contributed by atoms with Crippen LogP contribution in [0.1, 0.15) is 79.5 Å². The second kappa shape index (κ2) is 9.39. The molecule has 1 aliphatic heterocycles. The van der Waals surface area contributed by atoms with Gasteiger partial charge in [-0.2, -0.15) is 5.10 Å². The molecule has 2 aromatic rings. The summed E-state index contributed by atoms with van der Waals surface area (Å²) in [5.74, 6) is 1.03. The predicted octanol–water partition coefficient (Wildman–Crippen LogP) is 3.72. The maximum Gasteiger partial charge on any atom is 0.345 e. The lowest BCUT2D eigenvalue weighted by Crippen LogP contribution is -2.39. The molecule has 1 aliphatic carbocycles. The number of nitrogens with zero attached hydrogens (tertiary/aromatic N) is 4. The van der Waals surface area contributed by atoms with Gasteiger partial charge >= 0.3 is 5.69 Å². The Morgan fingerprint density at radius 3 is 2.32 bits per heavy atom. The molecule has 2 fully saturated rings. The molecule has 0 unspecified atom stereocenters. The number of carbonyl (C=O) groups excluding carboxylic acids is 2. The van der Waals surface area contributed by atoms with E-state index in [1.165, 1.54) is 4.68 Å². The molecule has 31 heavy (non-hydrogen) atoms. The fraction of sp³-hybridized carbons (Fsp3) is 0.565. The summed E-state index contributed by atoms with van der Waals surface area (Å²) >= 11 is 5.86. The molecule has 2 heterocycles. The Morgan fingerprint density at radius 2 is 1.68 bits per heavy atom. The fourth-order valence-electron chi connectivity index (χ4n) is 4.83. The molecule has 1 aromatic heterocycles. The van der Waals surface area contributed by atoms with Crippen LogP contribution in [-0.4, -0.2) is 44.0 Å². The molecular weight excluding hydrogens is 416 g/mol. The molecule has 2 aliphatic rings. The Hall–Kier alpha value is -2.41. The van der Waals surface area contributed by atoms with E-state index in [1.807, 2.05) is 9.47 Å². The standard InChI is InChI=1S/C23H29ClN4O3/c1-26-23(31)28(19-4-2-3-5-19)22(25-26)17-12-14-27(15-13-17)21(30)11-10-20(29)16-6-8-18(24)9-7-16/h6-9,17,19H,2-5,10-15H2,1H3. The quantitative estimate of drug-likeness (QED) is 0.636. The third-order valence-electron chi connectivity index (χ3n) is 6.62. The number of amides is 1. The van der Waals surface area contributed by atoms with E-state index < -0.39 is 0 Å². The highest BCUT2D eigenvalue weighted by atomic mass is 35.5. The van der Waals surface area contributed by atoms with Crippen molar-refractivity contribution in [2.24, 2.45) is 7.05 Å². The van der Waals surface area contributed by atoms with Gasteiger partial charge < -0.3 is 4.90 Å². The summed E-state index contributed by atoms with van der Waals surface area (Å²) < 4.78 is 3.37. The molecule has 1 amide bonds. The largest absolute Gasteiger partial charge is 0.345 e. The molecule has 0 atom stereocenters. The van der Waals surface area contributed by atoms with Crippen LogP contribution in [0.4, 0.5) is 0 Å². The number of aromatic nitrogens is 3. The van der Waals surface area contributed by atoms with Crippen molar-refractivity contribution in [1.82, 2.24) is 19.2 Å². The number of ketones is 1. The molecule has 0 N–H and O–H groups in total. The summed E-state index contributed by atoms with van der Waals surface area (Å²) in [4.78, 5) is 39.4. The van der Waals surface area contributed by atoms with Crippen LogP contribution in [0.25, 0.3) is 0 Å². The molecule has 0 radical (unpaired) electrons. The van der Waals surface area contributed by atoms with E-state index in [0.29, 0.717) is 23.7 Å². The lowest BCUT2D eigenvalue weighted by atomic mass is 9.95. The van der Waals surface area contributed by atoms with Crippen molar-refractivity contribution in [1.29, 1.82) is 0 Å². The van der Waals surface area contributed by atoms with Gasteiger partial charge in [-0.15, -0.1) is 0 Å². The first kappa shape index (κ1) is 21.8. The SMILES string of the molecule is Cn1nc(C2CCN(C(=O)CCC(=O)c3ccc(Cl)cc3)CC2)n(C2CCCC2)c1=O. The fourth-order valence-corrected chi connectivity index (χ4v) is 4.95.